The highest BCUT2D eigenvalue weighted by molar-refractivity contribution is 6.31. The van der Waals surface area contributed by atoms with E-state index in [1.54, 1.807) is 36.4 Å². The third-order valence-corrected chi connectivity index (χ3v) is 4.53. The summed E-state index contributed by atoms with van der Waals surface area (Å²) in [7, 11) is 0. The number of carbonyl (C=O) groups excluding carboxylic acids is 1. The van der Waals surface area contributed by atoms with Gasteiger partial charge in [-0.3, -0.25) is 4.79 Å². The van der Waals surface area contributed by atoms with Crippen molar-refractivity contribution in [2.24, 2.45) is 5.10 Å². The first-order valence-corrected chi connectivity index (χ1v) is 10.0. The first-order chi connectivity index (χ1) is 14.5. The molecule has 1 N–H and O–H groups in total. The van der Waals surface area contributed by atoms with Crippen molar-refractivity contribution in [3.8, 4) is 11.5 Å². The standard InChI is InChI=1S/C23H20Cl2N2O3/c1-2-29-22-12-17(14-26-27-23(28)18-4-3-5-20(25)13-18)8-11-21(22)30-15-16-6-9-19(24)10-7-16/h3-14H,2,15H2,1H3,(H,27,28)/b26-14+. The normalized spacial score (nSPS) is 10.8. The van der Waals surface area contributed by atoms with E-state index in [1.807, 2.05) is 37.3 Å². The van der Waals surface area contributed by atoms with E-state index in [4.69, 9.17) is 32.7 Å². The second-order valence-electron chi connectivity index (χ2n) is 6.26. The SMILES string of the molecule is CCOc1cc(/C=N/NC(=O)c2cccc(Cl)c2)ccc1OCc1ccc(Cl)cc1. The Morgan fingerprint density at radius 3 is 2.50 bits per heavy atom. The lowest BCUT2D eigenvalue weighted by atomic mass is 10.2. The Morgan fingerprint density at radius 2 is 1.77 bits per heavy atom. The number of nitrogens with one attached hydrogen (secondary N) is 1. The highest BCUT2D eigenvalue weighted by Gasteiger charge is 2.07. The van der Waals surface area contributed by atoms with Crippen LogP contribution >= 0.6 is 23.2 Å². The summed E-state index contributed by atoms with van der Waals surface area (Å²) < 4.78 is 11.6. The number of benzene rings is 3. The summed E-state index contributed by atoms with van der Waals surface area (Å²) in [5.41, 5.74) is 4.66. The lowest BCUT2D eigenvalue weighted by Crippen LogP contribution is -2.17. The van der Waals surface area contributed by atoms with E-state index in [-0.39, 0.29) is 5.91 Å². The third-order valence-electron chi connectivity index (χ3n) is 4.04. The molecule has 0 saturated heterocycles. The molecule has 3 aromatic rings. The molecule has 3 aromatic carbocycles. The molecule has 0 spiro atoms. The minimum absolute atomic E-state index is 0.346. The summed E-state index contributed by atoms with van der Waals surface area (Å²) in [6, 6.07) is 19.5. The highest BCUT2D eigenvalue weighted by Crippen LogP contribution is 2.29. The van der Waals surface area contributed by atoms with E-state index in [1.165, 1.54) is 6.21 Å². The van der Waals surface area contributed by atoms with E-state index < -0.39 is 0 Å². The van der Waals surface area contributed by atoms with E-state index in [0.717, 1.165) is 11.1 Å². The van der Waals surface area contributed by atoms with Gasteiger partial charge >= 0.3 is 0 Å². The van der Waals surface area contributed by atoms with Crippen LogP contribution in [0, 0.1) is 0 Å². The van der Waals surface area contributed by atoms with Crippen molar-refractivity contribution in [2.45, 2.75) is 13.5 Å². The molecule has 0 aliphatic carbocycles. The Morgan fingerprint density at radius 1 is 0.967 bits per heavy atom. The fraction of sp³-hybridized carbons (Fsp3) is 0.130. The summed E-state index contributed by atoms with van der Waals surface area (Å²) in [6.45, 7) is 2.78. The van der Waals surface area contributed by atoms with Crippen LogP contribution in [0.4, 0.5) is 0 Å². The number of carbonyl (C=O) groups is 1. The molecule has 154 valence electrons. The molecular formula is C23H20Cl2N2O3. The van der Waals surface area contributed by atoms with Gasteiger partial charge in [-0.2, -0.15) is 5.10 Å². The van der Waals surface area contributed by atoms with Gasteiger partial charge < -0.3 is 9.47 Å². The van der Waals surface area contributed by atoms with Crippen molar-refractivity contribution in [1.29, 1.82) is 0 Å². The van der Waals surface area contributed by atoms with E-state index in [0.29, 0.717) is 40.3 Å². The van der Waals surface area contributed by atoms with Gasteiger partial charge in [-0.05, 0) is 66.6 Å². The minimum Gasteiger partial charge on any atom is -0.490 e. The van der Waals surface area contributed by atoms with Crippen LogP contribution in [-0.4, -0.2) is 18.7 Å². The van der Waals surface area contributed by atoms with Gasteiger partial charge in [0.2, 0.25) is 0 Å². The van der Waals surface area contributed by atoms with Crippen LogP contribution in [0.1, 0.15) is 28.4 Å². The molecule has 0 saturated carbocycles. The molecule has 0 radical (unpaired) electrons. The largest absolute Gasteiger partial charge is 0.490 e. The predicted molar refractivity (Wildman–Crippen MR) is 120 cm³/mol. The summed E-state index contributed by atoms with van der Waals surface area (Å²) in [4.78, 5) is 12.1. The Kier molecular flexibility index (Phi) is 7.71. The number of ether oxygens (including phenoxy) is 2. The highest BCUT2D eigenvalue weighted by atomic mass is 35.5. The summed E-state index contributed by atoms with van der Waals surface area (Å²) in [6.07, 6.45) is 1.54. The molecule has 7 heteroatoms. The van der Waals surface area contributed by atoms with Crippen molar-refractivity contribution < 1.29 is 14.3 Å². The van der Waals surface area contributed by atoms with Crippen molar-refractivity contribution in [1.82, 2.24) is 5.43 Å². The average molecular weight is 443 g/mol. The molecule has 5 nitrogen and oxygen atoms in total. The molecule has 3 rings (SSSR count). The van der Waals surface area contributed by atoms with Crippen molar-refractivity contribution >= 4 is 35.3 Å². The van der Waals surface area contributed by atoms with Gasteiger partial charge in [-0.25, -0.2) is 5.43 Å². The molecule has 0 bridgehead atoms. The first-order valence-electron chi connectivity index (χ1n) is 9.28. The maximum absolute atomic E-state index is 12.1. The van der Waals surface area contributed by atoms with Gasteiger partial charge in [0.1, 0.15) is 6.61 Å². The first kappa shape index (κ1) is 21.7. The summed E-state index contributed by atoms with van der Waals surface area (Å²) >= 11 is 11.8. The Bertz CT molecular complexity index is 1040. The van der Waals surface area contributed by atoms with Crippen LogP contribution < -0.4 is 14.9 Å². The topological polar surface area (TPSA) is 59.9 Å². The zero-order valence-corrected chi connectivity index (χ0v) is 17.8. The molecule has 0 fully saturated rings. The van der Waals surface area contributed by atoms with Crippen LogP contribution in [0.2, 0.25) is 10.0 Å². The monoisotopic (exact) mass is 442 g/mol. The van der Waals surface area contributed by atoms with Crippen LogP contribution in [0.5, 0.6) is 11.5 Å². The quantitative estimate of drug-likeness (QED) is 0.357. The van der Waals surface area contributed by atoms with Crippen LogP contribution in [0.15, 0.2) is 71.8 Å². The van der Waals surface area contributed by atoms with E-state index in [2.05, 4.69) is 10.5 Å². The number of hydrogen-bond acceptors (Lipinski definition) is 4. The number of halogens is 2. The van der Waals surface area contributed by atoms with Crippen LogP contribution in [0.25, 0.3) is 0 Å². The Labute approximate surface area is 185 Å². The second kappa shape index (κ2) is 10.7. The Hall–Kier alpha value is -3.02. The van der Waals surface area contributed by atoms with Gasteiger partial charge in [0, 0.05) is 15.6 Å². The molecule has 0 unspecified atom stereocenters. The molecular weight excluding hydrogens is 423 g/mol. The number of amides is 1. The van der Waals surface area contributed by atoms with Gasteiger partial charge in [0.15, 0.2) is 11.5 Å². The average Bonchev–Trinajstić information content (AvgIpc) is 2.74. The predicted octanol–water partition coefficient (Wildman–Crippen LogP) is 5.74. The van der Waals surface area contributed by atoms with Gasteiger partial charge in [-0.15, -0.1) is 0 Å². The molecule has 0 atom stereocenters. The Balaban J connectivity index is 1.65. The van der Waals surface area contributed by atoms with Gasteiger partial charge in [0.25, 0.3) is 5.91 Å². The molecule has 0 heterocycles. The lowest BCUT2D eigenvalue weighted by molar-refractivity contribution is 0.0955. The van der Waals surface area contributed by atoms with Crippen molar-refractivity contribution in [3.63, 3.8) is 0 Å². The van der Waals surface area contributed by atoms with E-state index >= 15 is 0 Å². The lowest BCUT2D eigenvalue weighted by Gasteiger charge is -2.12. The molecule has 0 aliphatic rings. The van der Waals surface area contributed by atoms with Crippen LogP contribution in [-0.2, 0) is 6.61 Å². The summed E-state index contributed by atoms with van der Waals surface area (Å²) in [5, 5.41) is 5.17. The molecule has 0 aliphatic heterocycles. The fourth-order valence-corrected chi connectivity index (χ4v) is 2.91. The smallest absolute Gasteiger partial charge is 0.271 e. The zero-order valence-electron chi connectivity index (χ0n) is 16.3. The van der Waals surface area contributed by atoms with E-state index in [9.17, 15) is 4.79 Å². The van der Waals surface area contributed by atoms with Crippen molar-refractivity contribution in [2.75, 3.05) is 6.61 Å². The fourth-order valence-electron chi connectivity index (χ4n) is 2.59. The molecule has 1 amide bonds. The molecule has 30 heavy (non-hydrogen) atoms. The van der Waals surface area contributed by atoms with Gasteiger partial charge in [-0.1, -0.05) is 41.4 Å². The number of hydrazone groups is 1. The maximum atomic E-state index is 12.1. The second-order valence-corrected chi connectivity index (χ2v) is 7.14. The summed E-state index contributed by atoms with van der Waals surface area (Å²) in [5.74, 6) is 0.866. The molecule has 0 aromatic heterocycles. The van der Waals surface area contributed by atoms with Crippen LogP contribution in [0.3, 0.4) is 0 Å². The van der Waals surface area contributed by atoms with Gasteiger partial charge in [0.05, 0.1) is 12.8 Å². The minimum atomic E-state index is -0.346. The van der Waals surface area contributed by atoms with Crippen molar-refractivity contribution in [3.05, 3.63) is 93.5 Å². The number of nitrogens with zero attached hydrogens (tertiary/aromatic N) is 1. The third kappa shape index (κ3) is 6.24. The number of hydrogen-bond donors (Lipinski definition) is 1. The number of rotatable bonds is 8. The zero-order chi connectivity index (χ0) is 21.3. The maximum Gasteiger partial charge on any atom is 0.271 e.